The molecule has 0 saturated carbocycles. The Morgan fingerprint density at radius 1 is 0.862 bits per heavy atom. The summed E-state index contributed by atoms with van der Waals surface area (Å²) in [6.07, 6.45) is 9.77. The normalized spacial score (nSPS) is 10.6. The van der Waals surface area contributed by atoms with E-state index in [1.165, 1.54) is 68.8 Å². The van der Waals surface area contributed by atoms with Crippen molar-refractivity contribution >= 4 is 41.5 Å². The molecule has 1 aromatic carbocycles. The van der Waals surface area contributed by atoms with Crippen LogP contribution in [0.15, 0.2) is 24.3 Å². The summed E-state index contributed by atoms with van der Waals surface area (Å²) in [4.78, 5) is 22.4. The number of urea groups is 1. The third-order valence-electron chi connectivity index (χ3n) is 4.25. The Morgan fingerprint density at radius 2 is 1.45 bits per heavy atom. The maximum atomic E-state index is 11.8. The van der Waals surface area contributed by atoms with E-state index in [0.717, 1.165) is 30.0 Å². The van der Waals surface area contributed by atoms with Crippen LogP contribution in [-0.4, -0.2) is 35.8 Å². The summed E-state index contributed by atoms with van der Waals surface area (Å²) in [7, 11) is 0. The minimum Gasteiger partial charge on any atom is -0.392 e. The van der Waals surface area contributed by atoms with Crippen molar-refractivity contribution in [3.05, 3.63) is 29.8 Å². The summed E-state index contributed by atoms with van der Waals surface area (Å²) in [5, 5.41) is 5.75. The van der Waals surface area contributed by atoms with E-state index in [-0.39, 0.29) is 12.0 Å². The van der Waals surface area contributed by atoms with Crippen molar-refractivity contribution in [3.63, 3.8) is 0 Å². The van der Waals surface area contributed by atoms with Gasteiger partial charge in [0.05, 0.1) is 12.0 Å². The van der Waals surface area contributed by atoms with Crippen LogP contribution in [0.1, 0.15) is 63.9 Å². The smallest absolute Gasteiger partial charge is 0.319 e. The molecule has 0 unspecified atom stereocenters. The minimum absolute atomic E-state index is 0.135. The third kappa shape index (κ3) is 16.2. The molecule has 7 heteroatoms. The zero-order valence-corrected chi connectivity index (χ0v) is 19.5. The average Bonchev–Trinajstić information content (AvgIpc) is 2.69. The predicted molar refractivity (Wildman–Crippen MR) is 127 cm³/mol. The molecule has 5 nitrogen and oxygen atoms in total. The molecule has 2 amide bonds. The van der Waals surface area contributed by atoms with E-state index in [0.29, 0.717) is 6.54 Å². The molecule has 0 aliphatic rings. The molecule has 0 saturated heterocycles. The van der Waals surface area contributed by atoms with Crippen LogP contribution in [0.25, 0.3) is 0 Å². The van der Waals surface area contributed by atoms with Crippen LogP contribution in [0, 0.1) is 6.92 Å². The van der Waals surface area contributed by atoms with Gasteiger partial charge >= 0.3 is 12.0 Å². The first-order valence-corrected chi connectivity index (χ1v) is 12.6. The number of nitrogens with one attached hydrogen (secondary N) is 2. The maximum absolute atomic E-state index is 11.8. The highest BCUT2D eigenvalue weighted by molar-refractivity contribution is 7.99. The number of hydrogen-bond donors (Lipinski definition) is 2. The van der Waals surface area contributed by atoms with Gasteiger partial charge in [-0.15, -0.1) is 0 Å². The van der Waals surface area contributed by atoms with Gasteiger partial charge in [0.2, 0.25) is 0 Å². The Balaban J connectivity index is 1.79. The molecule has 164 valence electrons. The van der Waals surface area contributed by atoms with Gasteiger partial charge in [0, 0.05) is 24.9 Å². The number of benzene rings is 1. The largest absolute Gasteiger partial charge is 0.392 e. The molecule has 0 aliphatic carbocycles. The summed E-state index contributed by atoms with van der Waals surface area (Å²) in [5.74, 6) is 2.98. The van der Waals surface area contributed by atoms with E-state index in [1.807, 2.05) is 43.0 Å². The molecular weight excluding hydrogens is 404 g/mol. The van der Waals surface area contributed by atoms with Crippen molar-refractivity contribution in [2.24, 2.45) is 0 Å². The molecule has 0 aliphatic heterocycles. The molecule has 1 rings (SSSR count). The molecule has 2 N–H and O–H groups in total. The van der Waals surface area contributed by atoms with E-state index in [1.54, 1.807) is 0 Å². The van der Waals surface area contributed by atoms with Crippen LogP contribution < -0.4 is 10.6 Å². The fraction of sp³-hybridized carbons (Fsp3) is 0.636. The monoisotopic (exact) mass is 440 g/mol. The first kappa shape index (κ1) is 25.7. The van der Waals surface area contributed by atoms with E-state index < -0.39 is 0 Å². The zero-order valence-electron chi connectivity index (χ0n) is 17.8. The van der Waals surface area contributed by atoms with Crippen LogP contribution >= 0.6 is 23.8 Å². The molecule has 0 radical (unpaired) electrons. The summed E-state index contributed by atoms with van der Waals surface area (Å²) in [6.45, 7) is 4.17. The number of aryl methyl sites for hydroxylation is 1. The third-order valence-corrected chi connectivity index (χ3v) is 6.22. The van der Waals surface area contributed by atoms with Crippen molar-refractivity contribution in [2.75, 3.05) is 29.1 Å². The first-order valence-electron chi connectivity index (χ1n) is 10.6. The summed E-state index contributed by atoms with van der Waals surface area (Å²) in [6, 6.07) is 7.66. The van der Waals surface area contributed by atoms with Gasteiger partial charge in [-0.05, 0) is 49.8 Å². The Bertz CT molecular complexity index is 568. The second kappa shape index (κ2) is 17.5. The molecule has 0 bridgehead atoms. The van der Waals surface area contributed by atoms with Crippen LogP contribution in [-0.2, 0) is 8.98 Å². The topological polar surface area (TPSA) is 67.4 Å². The van der Waals surface area contributed by atoms with Gasteiger partial charge in [-0.1, -0.05) is 49.8 Å². The molecule has 0 spiro atoms. The van der Waals surface area contributed by atoms with Gasteiger partial charge < -0.3 is 14.8 Å². The van der Waals surface area contributed by atoms with Gasteiger partial charge in [0.15, 0.2) is 0 Å². The lowest BCUT2D eigenvalue weighted by Crippen LogP contribution is -2.29. The molecule has 0 heterocycles. The average molecular weight is 441 g/mol. The molecule has 0 aromatic heterocycles. The Morgan fingerprint density at radius 3 is 2.10 bits per heavy atom. The molecule has 29 heavy (non-hydrogen) atoms. The van der Waals surface area contributed by atoms with E-state index >= 15 is 0 Å². The standard InChI is InChI=1S/C22H36N2O3S2/c1-19-11-13-21(14-12-19)24-22(26)23-15-10-17-28-16-8-6-4-3-5-7-9-18-29-27-20(2)25/h11-14H,3-10,15-18H2,1-2H3,(H2,23,24,26). The lowest BCUT2D eigenvalue weighted by Gasteiger charge is -2.08. The van der Waals surface area contributed by atoms with Gasteiger partial charge in [-0.3, -0.25) is 4.79 Å². The van der Waals surface area contributed by atoms with Crippen molar-refractivity contribution in [1.82, 2.24) is 5.32 Å². The lowest BCUT2D eigenvalue weighted by molar-refractivity contribution is -0.130. The highest BCUT2D eigenvalue weighted by Gasteiger charge is 2.00. The van der Waals surface area contributed by atoms with Gasteiger partial charge in [0.25, 0.3) is 0 Å². The highest BCUT2D eigenvalue weighted by atomic mass is 32.2. The number of carbonyl (C=O) groups excluding carboxylic acids is 2. The fourth-order valence-electron chi connectivity index (χ4n) is 2.66. The fourth-order valence-corrected chi connectivity index (χ4v) is 4.20. The van der Waals surface area contributed by atoms with E-state index in [4.69, 9.17) is 4.18 Å². The second-order valence-corrected chi connectivity index (χ2v) is 9.12. The van der Waals surface area contributed by atoms with Crippen LogP contribution in [0.5, 0.6) is 0 Å². The molecule has 0 fully saturated rings. The Labute approximate surface area is 184 Å². The van der Waals surface area contributed by atoms with Crippen molar-refractivity contribution in [3.8, 4) is 0 Å². The van der Waals surface area contributed by atoms with Crippen LogP contribution in [0.3, 0.4) is 0 Å². The van der Waals surface area contributed by atoms with Gasteiger partial charge in [0.1, 0.15) is 0 Å². The lowest BCUT2D eigenvalue weighted by atomic mass is 10.1. The molecule has 1 aromatic rings. The zero-order chi connectivity index (χ0) is 21.2. The SMILES string of the molecule is CC(=O)OSCCCCCCCCCSCCCNC(=O)Nc1ccc(C)cc1. The number of anilines is 1. The first-order chi connectivity index (χ1) is 14.1. The predicted octanol–water partition coefficient (Wildman–Crippen LogP) is 6.18. The minimum atomic E-state index is -0.215. The highest BCUT2D eigenvalue weighted by Crippen LogP contribution is 2.13. The number of rotatable bonds is 16. The maximum Gasteiger partial charge on any atom is 0.319 e. The molecular formula is C22H36N2O3S2. The Hall–Kier alpha value is -1.34. The van der Waals surface area contributed by atoms with Crippen molar-refractivity contribution in [1.29, 1.82) is 0 Å². The number of hydrogen-bond acceptors (Lipinski definition) is 5. The summed E-state index contributed by atoms with van der Waals surface area (Å²) in [5.41, 5.74) is 2.00. The number of amides is 2. The quantitative estimate of drug-likeness (QED) is 0.237. The van der Waals surface area contributed by atoms with E-state index in [9.17, 15) is 9.59 Å². The summed E-state index contributed by atoms with van der Waals surface area (Å²) >= 11 is 3.24. The van der Waals surface area contributed by atoms with Crippen molar-refractivity contribution in [2.45, 2.75) is 65.2 Å². The second-order valence-electron chi connectivity index (χ2n) is 7.08. The van der Waals surface area contributed by atoms with Gasteiger partial charge in [-0.25, -0.2) is 4.79 Å². The molecule has 0 atom stereocenters. The van der Waals surface area contributed by atoms with Crippen LogP contribution in [0.2, 0.25) is 0 Å². The van der Waals surface area contributed by atoms with Gasteiger partial charge in [-0.2, -0.15) is 11.8 Å². The number of carbonyl (C=O) groups is 2. The van der Waals surface area contributed by atoms with Crippen molar-refractivity contribution < 1.29 is 13.8 Å². The number of unbranched alkanes of at least 4 members (excludes halogenated alkanes) is 6. The van der Waals surface area contributed by atoms with E-state index in [2.05, 4.69) is 10.6 Å². The summed E-state index contributed by atoms with van der Waals surface area (Å²) < 4.78 is 4.84. The van der Waals surface area contributed by atoms with Crippen LogP contribution in [0.4, 0.5) is 10.5 Å². The number of thioether (sulfide) groups is 1. The Kier molecular flexibility index (Phi) is 15.5.